The molecule has 0 aliphatic heterocycles. The van der Waals surface area contributed by atoms with Crippen molar-refractivity contribution in [1.29, 1.82) is 0 Å². The van der Waals surface area contributed by atoms with Crippen molar-refractivity contribution in [2.45, 2.75) is 6.29 Å². The Morgan fingerprint density at radius 1 is 1.38 bits per heavy atom. The lowest BCUT2D eigenvalue weighted by molar-refractivity contribution is -0.0744. The molecule has 0 saturated heterocycles. The van der Waals surface area contributed by atoms with Gasteiger partial charge < -0.3 is 15.2 Å². The average Bonchev–Trinajstić information content (AvgIpc) is 2.78. The Morgan fingerprint density at radius 2 is 2.12 bits per heavy atom. The normalized spacial score (nSPS) is 12.4. The summed E-state index contributed by atoms with van der Waals surface area (Å²) in [7, 11) is 1.45. The molecule has 0 spiro atoms. The predicted molar refractivity (Wildman–Crippen MR) is 63.8 cm³/mol. The van der Waals surface area contributed by atoms with Gasteiger partial charge in [-0.3, -0.25) is 0 Å². The number of methoxy groups -OCH3 is 1. The molecule has 2 rings (SSSR count). The van der Waals surface area contributed by atoms with Crippen molar-refractivity contribution in [3.8, 4) is 0 Å². The Morgan fingerprint density at radius 3 is 2.81 bits per heavy atom. The van der Waals surface area contributed by atoms with Gasteiger partial charge in [0.05, 0.1) is 4.88 Å². The number of benzene rings is 1. The molecule has 0 saturated carbocycles. The molecular weight excluding hydrogens is 224 g/mol. The minimum atomic E-state index is -0.899. The van der Waals surface area contributed by atoms with Gasteiger partial charge in [-0.1, -0.05) is 29.5 Å². The molecule has 2 N–H and O–H groups in total. The molecule has 1 aromatic carbocycles. The zero-order valence-electron chi connectivity index (χ0n) is 8.75. The van der Waals surface area contributed by atoms with Crippen molar-refractivity contribution in [2.24, 2.45) is 0 Å². The van der Waals surface area contributed by atoms with Crippen LogP contribution < -0.4 is 5.32 Å². The second-order valence-electron chi connectivity index (χ2n) is 3.15. The van der Waals surface area contributed by atoms with Crippen molar-refractivity contribution < 1.29 is 9.84 Å². The maximum absolute atomic E-state index is 9.43. The highest BCUT2D eigenvalue weighted by Crippen LogP contribution is 2.26. The maximum Gasteiger partial charge on any atom is 0.191 e. The van der Waals surface area contributed by atoms with Crippen LogP contribution in [0.2, 0.25) is 0 Å². The molecule has 0 aliphatic rings. The summed E-state index contributed by atoms with van der Waals surface area (Å²) in [5, 5.41) is 13.3. The predicted octanol–water partition coefficient (Wildman–Crippen LogP) is 2.52. The van der Waals surface area contributed by atoms with Gasteiger partial charge in [-0.05, 0) is 12.1 Å². The molecular formula is C11H12N2O2S. The van der Waals surface area contributed by atoms with E-state index in [4.69, 9.17) is 4.74 Å². The summed E-state index contributed by atoms with van der Waals surface area (Å²) >= 11 is 1.36. The summed E-state index contributed by atoms with van der Waals surface area (Å²) in [5.41, 5.74) is 0.968. The molecule has 1 heterocycles. The Labute approximate surface area is 97.5 Å². The zero-order valence-corrected chi connectivity index (χ0v) is 9.57. The molecule has 2 aromatic rings. The van der Waals surface area contributed by atoms with E-state index in [0.29, 0.717) is 4.88 Å². The highest BCUT2D eigenvalue weighted by Gasteiger charge is 2.10. The second-order valence-corrected chi connectivity index (χ2v) is 4.21. The number of aromatic nitrogens is 1. The third-order valence-electron chi connectivity index (χ3n) is 2.02. The van der Waals surface area contributed by atoms with Crippen LogP contribution in [0, 0.1) is 0 Å². The van der Waals surface area contributed by atoms with E-state index in [-0.39, 0.29) is 0 Å². The molecule has 0 aliphatic carbocycles. The Hall–Kier alpha value is -1.43. The standard InChI is InChI=1S/C11H12N2O2S/c1-15-10(14)9-7-12-11(16-9)13-8-5-3-2-4-6-8/h2-7,10,14H,1H3,(H,12,13). The third-order valence-corrected chi connectivity index (χ3v) is 2.96. The third kappa shape index (κ3) is 2.57. The fourth-order valence-electron chi connectivity index (χ4n) is 1.22. The number of nitrogens with one attached hydrogen (secondary N) is 1. The van der Waals surface area contributed by atoms with Crippen molar-refractivity contribution in [2.75, 3.05) is 12.4 Å². The van der Waals surface area contributed by atoms with Gasteiger partial charge in [0.1, 0.15) is 0 Å². The second kappa shape index (κ2) is 5.07. The number of hydrogen-bond donors (Lipinski definition) is 2. The zero-order chi connectivity index (χ0) is 11.4. The van der Waals surface area contributed by atoms with Gasteiger partial charge in [-0.2, -0.15) is 0 Å². The monoisotopic (exact) mass is 236 g/mol. The van der Waals surface area contributed by atoms with E-state index >= 15 is 0 Å². The van der Waals surface area contributed by atoms with E-state index in [1.165, 1.54) is 18.4 Å². The van der Waals surface area contributed by atoms with Crippen LogP contribution >= 0.6 is 11.3 Å². The summed E-state index contributed by atoms with van der Waals surface area (Å²) in [5.74, 6) is 0. The van der Waals surface area contributed by atoms with E-state index in [0.717, 1.165) is 10.8 Å². The van der Waals surface area contributed by atoms with E-state index in [2.05, 4.69) is 10.3 Å². The average molecular weight is 236 g/mol. The van der Waals surface area contributed by atoms with Gasteiger partial charge >= 0.3 is 0 Å². The first-order valence-corrected chi connectivity index (χ1v) is 5.60. The van der Waals surface area contributed by atoms with E-state index in [1.807, 2.05) is 30.3 Å². The van der Waals surface area contributed by atoms with Crippen LogP contribution in [0.3, 0.4) is 0 Å². The van der Waals surface area contributed by atoms with E-state index < -0.39 is 6.29 Å². The number of thiazole rings is 1. The van der Waals surface area contributed by atoms with Crippen LogP contribution in [0.1, 0.15) is 11.2 Å². The fraction of sp³-hybridized carbons (Fsp3) is 0.182. The minimum absolute atomic E-state index is 0.681. The minimum Gasteiger partial charge on any atom is -0.364 e. The van der Waals surface area contributed by atoms with Gasteiger partial charge in [-0.15, -0.1) is 0 Å². The lowest BCUT2D eigenvalue weighted by Gasteiger charge is -2.03. The lowest BCUT2D eigenvalue weighted by atomic mass is 10.3. The van der Waals surface area contributed by atoms with Crippen LogP contribution in [0.5, 0.6) is 0 Å². The number of aliphatic hydroxyl groups is 1. The number of anilines is 2. The molecule has 84 valence electrons. The molecule has 0 radical (unpaired) electrons. The van der Waals surface area contributed by atoms with Gasteiger partial charge in [-0.25, -0.2) is 4.98 Å². The SMILES string of the molecule is COC(O)c1cnc(Nc2ccccc2)s1. The number of rotatable bonds is 4. The summed E-state index contributed by atoms with van der Waals surface area (Å²) in [6, 6.07) is 9.75. The molecule has 4 nitrogen and oxygen atoms in total. The summed E-state index contributed by atoms with van der Waals surface area (Å²) in [6.07, 6.45) is 0.702. The molecule has 0 amide bonds. The highest BCUT2D eigenvalue weighted by molar-refractivity contribution is 7.15. The van der Waals surface area contributed by atoms with Gasteiger partial charge in [0, 0.05) is 19.0 Å². The molecule has 5 heteroatoms. The van der Waals surface area contributed by atoms with Gasteiger partial charge in [0.2, 0.25) is 0 Å². The number of para-hydroxylation sites is 1. The first kappa shape index (κ1) is 11.1. The first-order valence-electron chi connectivity index (χ1n) is 4.78. The van der Waals surface area contributed by atoms with Crippen LogP contribution in [-0.2, 0) is 4.74 Å². The number of aliphatic hydroxyl groups excluding tert-OH is 1. The number of ether oxygens (including phenoxy) is 1. The molecule has 1 aromatic heterocycles. The molecule has 0 fully saturated rings. The van der Waals surface area contributed by atoms with Crippen molar-refractivity contribution in [3.63, 3.8) is 0 Å². The summed E-state index contributed by atoms with van der Waals surface area (Å²) in [6.45, 7) is 0. The van der Waals surface area contributed by atoms with Crippen LogP contribution in [0.25, 0.3) is 0 Å². The maximum atomic E-state index is 9.43. The lowest BCUT2D eigenvalue weighted by Crippen LogP contribution is -1.95. The summed E-state index contributed by atoms with van der Waals surface area (Å²) in [4.78, 5) is 4.83. The van der Waals surface area contributed by atoms with E-state index in [1.54, 1.807) is 6.20 Å². The highest BCUT2D eigenvalue weighted by atomic mass is 32.1. The topological polar surface area (TPSA) is 54.4 Å². The summed E-state index contributed by atoms with van der Waals surface area (Å²) < 4.78 is 4.80. The van der Waals surface area contributed by atoms with Crippen LogP contribution in [0.15, 0.2) is 36.5 Å². The van der Waals surface area contributed by atoms with Crippen molar-refractivity contribution in [1.82, 2.24) is 4.98 Å². The molecule has 1 unspecified atom stereocenters. The number of hydrogen-bond acceptors (Lipinski definition) is 5. The molecule has 16 heavy (non-hydrogen) atoms. The Kier molecular flexibility index (Phi) is 3.51. The fourth-order valence-corrected chi connectivity index (χ4v) is 2.02. The van der Waals surface area contributed by atoms with Gasteiger partial charge in [0.25, 0.3) is 0 Å². The smallest absolute Gasteiger partial charge is 0.191 e. The Bertz CT molecular complexity index is 444. The molecule has 1 atom stereocenters. The van der Waals surface area contributed by atoms with Crippen LogP contribution in [-0.4, -0.2) is 17.2 Å². The number of nitrogens with zero attached hydrogens (tertiary/aromatic N) is 1. The first-order chi connectivity index (χ1) is 7.79. The van der Waals surface area contributed by atoms with Gasteiger partial charge in [0.15, 0.2) is 11.4 Å². The van der Waals surface area contributed by atoms with E-state index in [9.17, 15) is 5.11 Å². The quantitative estimate of drug-likeness (QED) is 0.801. The van der Waals surface area contributed by atoms with Crippen LogP contribution in [0.4, 0.5) is 10.8 Å². The van der Waals surface area contributed by atoms with Crippen molar-refractivity contribution >= 4 is 22.2 Å². The Balaban J connectivity index is 2.09. The van der Waals surface area contributed by atoms with Crippen molar-refractivity contribution in [3.05, 3.63) is 41.4 Å². The largest absolute Gasteiger partial charge is 0.364 e. The molecule has 0 bridgehead atoms.